The van der Waals surface area contributed by atoms with Crippen LogP contribution < -0.4 is 14.2 Å². The summed E-state index contributed by atoms with van der Waals surface area (Å²) >= 11 is 0. The van der Waals surface area contributed by atoms with Crippen LogP contribution in [0.3, 0.4) is 0 Å². The number of hydrogen-bond donors (Lipinski definition) is 1. The molecule has 0 radical (unpaired) electrons. The summed E-state index contributed by atoms with van der Waals surface area (Å²) in [6.07, 6.45) is 2.19. The molecule has 0 aromatic heterocycles. The highest BCUT2D eigenvalue weighted by molar-refractivity contribution is 5.87. The van der Waals surface area contributed by atoms with Crippen LogP contribution in [0.25, 0.3) is 0 Å². The Bertz CT molecular complexity index is 797. The van der Waals surface area contributed by atoms with Gasteiger partial charge in [-0.2, -0.15) is 0 Å². The maximum atomic E-state index is 10.9. The van der Waals surface area contributed by atoms with Gasteiger partial charge in [0.2, 0.25) is 6.79 Å². The second kappa shape index (κ2) is 7.88. The minimum absolute atomic E-state index is 0.277. The molecule has 0 saturated carbocycles. The zero-order valence-corrected chi connectivity index (χ0v) is 15.1. The van der Waals surface area contributed by atoms with E-state index in [-0.39, 0.29) is 5.56 Å². The Labute approximate surface area is 158 Å². The van der Waals surface area contributed by atoms with E-state index in [9.17, 15) is 4.79 Å². The number of carbonyl (C=O) groups is 1. The van der Waals surface area contributed by atoms with E-state index >= 15 is 0 Å². The van der Waals surface area contributed by atoms with Crippen LogP contribution in [0.15, 0.2) is 42.5 Å². The molecule has 0 spiro atoms. The van der Waals surface area contributed by atoms with Gasteiger partial charge in [0.15, 0.2) is 11.5 Å². The molecule has 6 heteroatoms. The molecule has 0 aliphatic carbocycles. The summed E-state index contributed by atoms with van der Waals surface area (Å²) in [6, 6.07) is 12.7. The summed E-state index contributed by atoms with van der Waals surface area (Å²) in [5, 5.41) is 8.93. The van der Waals surface area contributed by atoms with Gasteiger partial charge in [0.25, 0.3) is 0 Å². The second-order valence-electron chi connectivity index (χ2n) is 7.05. The van der Waals surface area contributed by atoms with Crippen LogP contribution in [0.1, 0.15) is 28.8 Å². The number of ether oxygens (including phenoxy) is 3. The lowest BCUT2D eigenvalue weighted by Gasteiger charge is -2.31. The molecule has 0 amide bonds. The Balaban J connectivity index is 1.22. The molecule has 4 rings (SSSR count). The molecule has 1 saturated heterocycles. The Morgan fingerprint density at radius 3 is 2.56 bits per heavy atom. The van der Waals surface area contributed by atoms with Crippen molar-refractivity contribution in [3.63, 3.8) is 0 Å². The highest BCUT2D eigenvalue weighted by atomic mass is 16.7. The van der Waals surface area contributed by atoms with Gasteiger partial charge in [-0.3, -0.25) is 4.90 Å². The summed E-state index contributed by atoms with van der Waals surface area (Å²) in [5.41, 5.74) is 1.52. The third kappa shape index (κ3) is 4.34. The first-order valence-corrected chi connectivity index (χ1v) is 9.24. The van der Waals surface area contributed by atoms with Crippen LogP contribution in [0.2, 0.25) is 0 Å². The molecular formula is C21H23NO5. The normalized spacial score (nSPS) is 17.0. The topological polar surface area (TPSA) is 68.2 Å². The number of benzene rings is 2. The third-order valence-electron chi connectivity index (χ3n) is 5.14. The first-order chi connectivity index (χ1) is 13.2. The van der Waals surface area contributed by atoms with Gasteiger partial charge in [-0.15, -0.1) is 0 Å². The Morgan fingerprint density at radius 2 is 1.81 bits per heavy atom. The molecule has 2 aliphatic rings. The van der Waals surface area contributed by atoms with Gasteiger partial charge in [-0.25, -0.2) is 4.79 Å². The lowest BCUT2D eigenvalue weighted by molar-refractivity contribution is 0.0697. The first kappa shape index (κ1) is 17.7. The summed E-state index contributed by atoms with van der Waals surface area (Å²) in [5.74, 6) is 1.99. The van der Waals surface area contributed by atoms with E-state index in [1.165, 1.54) is 5.56 Å². The lowest BCUT2D eigenvalue weighted by atomic mass is 9.97. The van der Waals surface area contributed by atoms with Gasteiger partial charge >= 0.3 is 5.97 Å². The smallest absolute Gasteiger partial charge is 0.335 e. The van der Waals surface area contributed by atoms with Crippen molar-refractivity contribution in [3.05, 3.63) is 53.6 Å². The van der Waals surface area contributed by atoms with Crippen molar-refractivity contribution >= 4 is 5.97 Å². The number of likely N-dealkylation sites (tertiary alicyclic amines) is 1. The lowest BCUT2D eigenvalue weighted by Crippen LogP contribution is -2.35. The van der Waals surface area contributed by atoms with Crippen molar-refractivity contribution in [2.45, 2.75) is 19.4 Å². The number of carboxylic acids is 1. The Kier molecular flexibility index (Phi) is 5.16. The largest absolute Gasteiger partial charge is 0.493 e. The zero-order valence-electron chi connectivity index (χ0n) is 15.1. The number of piperidine rings is 1. The Hall–Kier alpha value is -2.73. The van der Waals surface area contributed by atoms with Gasteiger partial charge in [-0.05, 0) is 73.8 Å². The number of aromatic carboxylic acids is 1. The number of hydrogen-bond acceptors (Lipinski definition) is 5. The fourth-order valence-corrected chi connectivity index (χ4v) is 3.52. The molecule has 2 aromatic carbocycles. The van der Waals surface area contributed by atoms with E-state index in [1.807, 2.05) is 6.07 Å². The van der Waals surface area contributed by atoms with Crippen LogP contribution >= 0.6 is 0 Å². The summed E-state index contributed by atoms with van der Waals surface area (Å²) in [4.78, 5) is 13.3. The minimum Gasteiger partial charge on any atom is -0.493 e. The van der Waals surface area contributed by atoms with Gasteiger partial charge in [-0.1, -0.05) is 6.07 Å². The molecule has 142 valence electrons. The van der Waals surface area contributed by atoms with Crippen LogP contribution in [0.4, 0.5) is 0 Å². The molecule has 1 N–H and O–H groups in total. The SMILES string of the molecule is O=C(O)c1ccc(OCC2CCN(Cc3ccc4c(c3)OCO4)CC2)cc1. The number of nitrogens with zero attached hydrogens (tertiary/aromatic N) is 1. The van der Waals surface area contributed by atoms with Crippen molar-refractivity contribution < 1.29 is 24.1 Å². The molecular weight excluding hydrogens is 346 g/mol. The molecule has 0 atom stereocenters. The van der Waals surface area contributed by atoms with E-state index in [2.05, 4.69) is 17.0 Å². The zero-order chi connectivity index (χ0) is 18.6. The van der Waals surface area contributed by atoms with E-state index in [0.29, 0.717) is 19.3 Å². The van der Waals surface area contributed by atoms with E-state index in [1.54, 1.807) is 24.3 Å². The average molecular weight is 369 g/mol. The molecule has 0 bridgehead atoms. The predicted octanol–water partition coefficient (Wildman–Crippen LogP) is 3.40. The summed E-state index contributed by atoms with van der Waals surface area (Å²) in [6.45, 7) is 3.98. The van der Waals surface area contributed by atoms with Crippen molar-refractivity contribution in [1.82, 2.24) is 4.90 Å². The molecule has 27 heavy (non-hydrogen) atoms. The quantitative estimate of drug-likeness (QED) is 0.842. The first-order valence-electron chi connectivity index (χ1n) is 9.24. The fraction of sp³-hybridized carbons (Fsp3) is 0.381. The highest BCUT2D eigenvalue weighted by Gasteiger charge is 2.21. The summed E-state index contributed by atoms with van der Waals surface area (Å²) < 4.78 is 16.7. The van der Waals surface area contributed by atoms with Crippen molar-refractivity contribution in [3.8, 4) is 17.2 Å². The maximum Gasteiger partial charge on any atom is 0.335 e. The minimum atomic E-state index is -0.920. The van der Waals surface area contributed by atoms with Crippen LogP contribution in [0.5, 0.6) is 17.2 Å². The van der Waals surface area contributed by atoms with Gasteiger partial charge in [0, 0.05) is 6.54 Å². The van der Waals surface area contributed by atoms with Gasteiger partial charge in [0.05, 0.1) is 12.2 Å². The number of rotatable bonds is 6. The van der Waals surface area contributed by atoms with Gasteiger partial charge in [0.1, 0.15) is 5.75 Å². The molecule has 1 fully saturated rings. The van der Waals surface area contributed by atoms with E-state index in [4.69, 9.17) is 19.3 Å². The second-order valence-corrected chi connectivity index (χ2v) is 7.05. The van der Waals surface area contributed by atoms with Crippen LogP contribution in [-0.4, -0.2) is 42.5 Å². The van der Waals surface area contributed by atoms with Crippen molar-refractivity contribution in [2.75, 3.05) is 26.5 Å². The average Bonchev–Trinajstić information content (AvgIpc) is 3.15. The molecule has 2 heterocycles. The molecule has 2 aliphatic heterocycles. The summed E-state index contributed by atoms with van der Waals surface area (Å²) in [7, 11) is 0. The predicted molar refractivity (Wildman–Crippen MR) is 99.5 cm³/mol. The van der Waals surface area contributed by atoms with Crippen LogP contribution in [-0.2, 0) is 6.54 Å². The van der Waals surface area contributed by atoms with Crippen molar-refractivity contribution in [2.24, 2.45) is 5.92 Å². The fourth-order valence-electron chi connectivity index (χ4n) is 3.52. The van der Waals surface area contributed by atoms with Crippen LogP contribution in [0, 0.1) is 5.92 Å². The number of carboxylic acid groups (broad SMARTS) is 1. The molecule has 0 unspecified atom stereocenters. The van der Waals surface area contributed by atoms with E-state index < -0.39 is 5.97 Å². The number of fused-ring (bicyclic) bond motifs is 1. The molecule has 2 aromatic rings. The van der Waals surface area contributed by atoms with Gasteiger partial charge < -0.3 is 19.3 Å². The third-order valence-corrected chi connectivity index (χ3v) is 5.14. The maximum absolute atomic E-state index is 10.9. The molecule has 6 nitrogen and oxygen atoms in total. The van der Waals surface area contributed by atoms with Crippen molar-refractivity contribution in [1.29, 1.82) is 0 Å². The highest BCUT2D eigenvalue weighted by Crippen LogP contribution is 2.33. The van der Waals surface area contributed by atoms with E-state index in [0.717, 1.165) is 49.7 Å². The monoisotopic (exact) mass is 369 g/mol. The standard InChI is InChI=1S/C21H23NO5/c23-21(24)17-2-4-18(5-3-17)25-13-15-7-9-22(10-8-15)12-16-1-6-19-20(11-16)27-14-26-19/h1-6,11,15H,7-10,12-14H2,(H,23,24). The Morgan fingerprint density at radius 1 is 1.07 bits per heavy atom.